The number of carbonyl (C=O) groups is 1. The second-order valence-electron chi connectivity index (χ2n) is 5.39. The van der Waals surface area contributed by atoms with Gasteiger partial charge in [-0.05, 0) is 18.2 Å². The maximum Gasteiger partial charge on any atom is 0.417 e. The van der Waals surface area contributed by atoms with Gasteiger partial charge in [-0.15, -0.1) is 0 Å². The van der Waals surface area contributed by atoms with Crippen LogP contribution in [0, 0.1) is 11.6 Å². The number of carbonyl (C=O) groups excluding carboxylic acids is 1. The number of pyridine rings is 1. The minimum absolute atomic E-state index is 0.0411. The number of nitrogens with one attached hydrogen (secondary N) is 1. The number of hydrogen-bond donors (Lipinski definition) is 1. The Morgan fingerprint density at radius 1 is 1.19 bits per heavy atom. The van der Waals surface area contributed by atoms with Crippen LogP contribution in [0.1, 0.15) is 11.3 Å². The summed E-state index contributed by atoms with van der Waals surface area (Å²) >= 11 is 5.81. The summed E-state index contributed by atoms with van der Waals surface area (Å²) in [7, 11) is 0. The summed E-state index contributed by atoms with van der Waals surface area (Å²) in [4.78, 5) is 16.0. The number of imidazole rings is 1. The summed E-state index contributed by atoms with van der Waals surface area (Å²) in [5, 5.41) is 1.94. The Labute approximate surface area is 148 Å². The summed E-state index contributed by atoms with van der Waals surface area (Å²) in [6.07, 6.45) is -2.95. The first-order valence-electron chi connectivity index (χ1n) is 7.13. The number of nitrogens with zero attached hydrogens (tertiary/aromatic N) is 2. The van der Waals surface area contributed by atoms with Crippen molar-refractivity contribution >= 4 is 28.8 Å². The first-order chi connectivity index (χ1) is 12.1. The predicted molar refractivity (Wildman–Crippen MR) is 83.9 cm³/mol. The van der Waals surface area contributed by atoms with Crippen molar-refractivity contribution in [3.8, 4) is 0 Å². The summed E-state index contributed by atoms with van der Waals surface area (Å²) in [6.45, 7) is 0. The van der Waals surface area contributed by atoms with Crippen LogP contribution in [0.15, 0.2) is 36.7 Å². The predicted octanol–water partition coefficient (Wildman–Crippen LogP) is 4.47. The molecular formula is C16H9ClF5N3O. The van der Waals surface area contributed by atoms with Crippen molar-refractivity contribution in [1.82, 2.24) is 9.38 Å². The molecule has 3 rings (SSSR count). The highest BCUT2D eigenvalue weighted by atomic mass is 35.5. The molecule has 0 radical (unpaired) electrons. The summed E-state index contributed by atoms with van der Waals surface area (Å²) < 4.78 is 66.1. The lowest BCUT2D eigenvalue weighted by molar-refractivity contribution is -0.137. The molecule has 0 bridgehead atoms. The first kappa shape index (κ1) is 18.1. The van der Waals surface area contributed by atoms with Crippen LogP contribution in [-0.4, -0.2) is 15.3 Å². The van der Waals surface area contributed by atoms with Crippen molar-refractivity contribution in [1.29, 1.82) is 0 Å². The smallest absolute Gasteiger partial charge is 0.323 e. The molecular weight excluding hydrogens is 381 g/mol. The first-order valence-corrected chi connectivity index (χ1v) is 7.50. The third kappa shape index (κ3) is 3.77. The second-order valence-corrected chi connectivity index (χ2v) is 5.79. The van der Waals surface area contributed by atoms with Crippen molar-refractivity contribution in [2.75, 3.05) is 5.32 Å². The van der Waals surface area contributed by atoms with E-state index >= 15 is 0 Å². The van der Waals surface area contributed by atoms with Crippen LogP contribution < -0.4 is 5.32 Å². The molecule has 2 heterocycles. The number of rotatable bonds is 3. The molecule has 0 atom stereocenters. The van der Waals surface area contributed by atoms with Gasteiger partial charge in [0.15, 0.2) is 5.65 Å². The summed E-state index contributed by atoms with van der Waals surface area (Å²) in [5.74, 6) is -2.28. The molecule has 0 aliphatic rings. The molecule has 4 nitrogen and oxygen atoms in total. The van der Waals surface area contributed by atoms with E-state index in [1.165, 1.54) is 6.20 Å². The van der Waals surface area contributed by atoms with E-state index in [-0.39, 0.29) is 28.5 Å². The highest BCUT2D eigenvalue weighted by molar-refractivity contribution is 6.33. The van der Waals surface area contributed by atoms with Crippen LogP contribution in [0.25, 0.3) is 5.65 Å². The van der Waals surface area contributed by atoms with Crippen LogP contribution in [0.5, 0.6) is 0 Å². The summed E-state index contributed by atoms with van der Waals surface area (Å²) in [6, 6.07) is 3.29. The van der Waals surface area contributed by atoms with Gasteiger partial charge in [-0.1, -0.05) is 11.6 Å². The van der Waals surface area contributed by atoms with E-state index in [1.807, 2.05) is 0 Å². The lowest BCUT2D eigenvalue weighted by atomic mass is 10.2. The molecule has 1 N–H and O–H groups in total. The number of fused-ring (bicyclic) bond motifs is 1. The third-order valence-electron chi connectivity index (χ3n) is 3.43. The van der Waals surface area contributed by atoms with Gasteiger partial charge < -0.3 is 9.72 Å². The molecule has 136 valence electrons. The molecule has 3 aromatic rings. The lowest BCUT2D eigenvalue weighted by Crippen LogP contribution is -2.15. The summed E-state index contributed by atoms with van der Waals surface area (Å²) in [5.41, 5.74) is -1.17. The number of alkyl halides is 3. The maximum absolute atomic E-state index is 13.5. The van der Waals surface area contributed by atoms with E-state index in [1.54, 1.807) is 0 Å². The van der Waals surface area contributed by atoms with Crippen molar-refractivity contribution in [2.45, 2.75) is 12.6 Å². The number of hydrogen-bond acceptors (Lipinski definition) is 2. The Kier molecular flexibility index (Phi) is 4.57. The number of anilines is 1. The fourth-order valence-corrected chi connectivity index (χ4v) is 2.56. The number of aromatic nitrogens is 2. The van der Waals surface area contributed by atoms with Gasteiger partial charge in [-0.3, -0.25) is 4.79 Å². The highest BCUT2D eigenvalue weighted by Gasteiger charge is 2.32. The van der Waals surface area contributed by atoms with Gasteiger partial charge >= 0.3 is 6.18 Å². The molecule has 0 fully saturated rings. The lowest BCUT2D eigenvalue weighted by Gasteiger charge is -2.07. The van der Waals surface area contributed by atoms with Gasteiger partial charge in [0.2, 0.25) is 5.91 Å². The zero-order valence-corrected chi connectivity index (χ0v) is 13.5. The van der Waals surface area contributed by atoms with Crippen molar-refractivity contribution in [2.24, 2.45) is 0 Å². The molecule has 0 saturated heterocycles. The number of amides is 1. The van der Waals surface area contributed by atoms with E-state index in [4.69, 9.17) is 11.6 Å². The second kappa shape index (κ2) is 6.56. The van der Waals surface area contributed by atoms with E-state index in [9.17, 15) is 26.7 Å². The normalized spacial score (nSPS) is 11.8. The molecule has 0 saturated carbocycles. The largest absolute Gasteiger partial charge is 0.417 e. The standard InChI is InChI=1S/C16H9ClF5N3O/c17-11-3-8(16(20,21)22)6-25-7-10(23-15(11)25)5-14(26)24-13-4-9(18)1-2-12(13)19/h1-4,6-7H,5H2,(H,24,26). The van der Waals surface area contributed by atoms with Crippen molar-refractivity contribution in [3.63, 3.8) is 0 Å². The van der Waals surface area contributed by atoms with E-state index < -0.39 is 29.3 Å². The molecule has 0 aliphatic carbocycles. The van der Waals surface area contributed by atoms with Gasteiger partial charge in [-0.25, -0.2) is 13.8 Å². The van der Waals surface area contributed by atoms with Crippen LogP contribution in [0.2, 0.25) is 5.02 Å². The van der Waals surface area contributed by atoms with Crippen LogP contribution in [0.4, 0.5) is 27.6 Å². The highest BCUT2D eigenvalue weighted by Crippen LogP contribution is 2.32. The SMILES string of the molecule is O=C(Cc1cn2cc(C(F)(F)F)cc(Cl)c2n1)Nc1cc(F)ccc1F. The minimum Gasteiger partial charge on any atom is -0.323 e. The average molecular weight is 390 g/mol. The molecule has 0 spiro atoms. The van der Waals surface area contributed by atoms with Crippen LogP contribution in [-0.2, 0) is 17.4 Å². The molecule has 0 unspecified atom stereocenters. The van der Waals surface area contributed by atoms with Gasteiger partial charge in [0, 0.05) is 18.5 Å². The minimum atomic E-state index is -4.59. The molecule has 2 aromatic heterocycles. The quantitative estimate of drug-likeness (QED) is 0.672. The van der Waals surface area contributed by atoms with E-state index in [0.29, 0.717) is 0 Å². The van der Waals surface area contributed by atoms with Gasteiger partial charge in [-0.2, -0.15) is 13.2 Å². The topological polar surface area (TPSA) is 46.4 Å². The van der Waals surface area contributed by atoms with Gasteiger partial charge in [0.05, 0.1) is 28.4 Å². The maximum atomic E-state index is 13.5. The molecule has 26 heavy (non-hydrogen) atoms. The fraction of sp³-hybridized carbons (Fsp3) is 0.125. The monoisotopic (exact) mass is 389 g/mol. The zero-order valence-electron chi connectivity index (χ0n) is 12.7. The van der Waals surface area contributed by atoms with Crippen molar-refractivity contribution < 1.29 is 26.7 Å². The van der Waals surface area contributed by atoms with E-state index in [0.717, 1.165) is 34.9 Å². The third-order valence-corrected chi connectivity index (χ3v) is 3.71. The molecule has 10 heteroatoms. The average Bonchev–Trinajstić information content (AvgIpc) is 2.93. The van der Waals surface area contributed by atoms with Crippen LogP contribution >= 0.6 is 11.6 Å². The molecule has 0 aliphatic heterocycles. The van der Waals surface area contributed by atoms with Crippen molar-refractivity contribution in [3.05, 3.63) is 64.6 Å². The number of halogens is 6. The van der Waals surface area contributed by atoms with Gasteiger partial charge in [0.25, 0.3) is 0 Å². The van der Waals surface area contributed by atoms with Crippen LogP contribution in [0.3, 0.4) is 0 Å². The number of benzene rings is 1. The Hall–Kier alpha value is -2.68. The van der Waals surface area contributed by atoms with Gasteiger partial charge in [0.1, 0.15) is 11.6 Å². The Morgan fingerprint density at radius 2 is 1.92 bits per heavy atom. The Morgan fingerprint density at radius 3 is 2.62 bits per heavy atom. The molecule has 1 aromatic carbocycles. The molecule has 1 amide bonds. The fourth-order valence-electron chi connectivity index (χ4n) is 2.30. The zero-order chi connectivity index (χ0) is 19.1. The van der Waals surface area contributed by atoms with E-state index in [2.05, 4.69) is 10.3 Å². The Balaban J connectivity index is 1.83. The Bertz CT molecular complexity index is 999.